The van der Waals surface area contributed by atoms with E-state index >= 15 is 0 Å². The molecule has 2 N–H and O–H groups in total. The van der Waals surface area contributed by atoms with Crippen molar-refractivity contribution in [1.82, 2.24) is 10.7 Å². The van der Waals surface area contributed by atoms with Gasteiger partial charge >= 0.3 is 0 Å². The minimum absolute atomic E-state index is 0.144. The molecule has 2 atom stereocenters. The van der Waals surface area contributed by atoms with Gasteiger partial charge in [-0.2, -0.15) is 5.10 Å². The van der Waals surface area contributed by atoms with Gasteiger partial charge in [0, 0.05) is 10.6 Å². The molecular weight excluding hydrogens is 501 g/mol. The van der Waals surface area contributed by atoms with Gasteiger partial charge in [-0.1, -0.05) is 67.4 Å². The van der Waals surface area contributed by atoms with E-state index in [9.17, 15) is 9.59 Å². The molecule has 0 unspecified atom stereocenters. The summed E-state index contributed by atoms with van der Waals surface area (Å²) in [4.78, 5) is 25.8. The lowest BCUT2D eigenvalue weighted by Gasteiger charge is -2.22. The lowest BCUT2D eigenvalue weighted by molar-refractivity contribution is -0.132. The predicted octanol–water partition coefficient (Wildman–Crippen LogP) is 5.60. The van der Waals surface area contributed by atoms with Crippen LogP contribution in [0.3, 0.4) is 0 Å². The molecule has 9 heteroatoms. The number of carbonyl (C=O) groups is 2. The van der Waals surface area contributed by atoms with E-state index in [1.165, 1.54) is 6.07 Å². The second-order valence-corrected chi connectivity index (χ2v) is 9.51. The molecule has 0 aliphatic carbocycles. The number of amides is 2. The van der Waals surface area contributed by atoms with Gasteiger partial charge in [0.25, 0.3) is 11.8 Å². The Morgan fingerprint density at radius 2 is 1.72 bits per heavy atom. The van der Waals surface area contributed by atoms with Gasteiger partial charge in [-0.15, -0.1) is 0 Å². The minimum atomic E-state index is -0.894. The molecule has 0 bridgehead atoms. The topological polar surface area (TPSA) is 89.0 Å². The highest BCUT2D eigenvalue weighted by Crippen LogP contribution is 2.28. The number of carbonyl (C=O) groups excluding carboxylic acids is 2. The first-order chi connectivity index (χ1) is 17.2. The van der Waals surface area contributed by atoms with Crippen molar-refractivity contribution in [3.05, 3.63) is 70.2 Å². The van der Waals surface area contributed by atoms with Gasteiger partial charge in [-0.05, 0) is 54.3 Å². The van der Waals surface area contributed by atoms with E-state index in [0.29, 0.717) is 22.9 Å². The number of methoxy groups -OCH3 is 1. The number of hydrazone groups is 1. The lowest BCUT2D eigenvalue weighted by atomic mass is 10.0. The lowest BCUT2D eigenvalue weighted by Crippen LogP contribution is -2.49. The number of rotatable bonds is 10. The second kappa shape index (κ2) is 12.6. The molecule has 2 amide bonds. The molecule has 0 fully saturated rings. The van der Waals surface area contributed by atoms with Gasteiger partial charge in [0.05, 0.1) is 18.3 Å². The van der Waals surface area contributed by atoms with Gasteiger partial charge < -0.3 is 14.8 Å². The largest absolute Gasteiger partial charge is 0.496 e. The van der Waals surface area contributed by atoms with Crippen molar-refractivity contribution in [3.63, 3.8) is 0 Å². The Balaban J connectivity index is 1.70. The van der Waals surface area contributed by atoms with Crippen LogP contribution in [0.4, 0.5) is 0 Å². The molecule has 0 heterocycles. The summed E-state index contributed by atoms with van der Waals surface area (Å²) in [5, 5.41) is 9.61. The quantitative estimate of drug-likeness (QED) is 0.264. The normalized spacial score (nSPS) is 13.0. The van der Waals surface area contributed by atoms with Crippen molar-refractivity contribution in [2.24, 2.45) is 11.0 Å². The Morgan fingerprint density at radius 3 is 2.42 bits per heavy atom. The molecule has 0 saturated carbocycles. The fraction of sp³-hybridized carbons (Fsp3) is 0.296. The highest BCUT2D eigenvalue weighted by Gasteiger charge is 2.25. The molecule has 3 aromatic carbocycles. The summed E-state index contributed by atoms with van der Waals surface area (Å²) in [6.45, 7) is 5.50. The fourth-order valence-electron chi connectivity index (χ4n) is 3.63. The van der Waals surface area contributed by atoms with Gasteiger partial charge in [0.15, 0.2) is 6.10 Å². The summed E-state index contributed by atoms with van der Waals surface area (Å²) in [7, 11) is 1.58. The van der Waals surface area contributed by atoms with E-state index in [1.54, 1.807) is 32.4 Å². The Labute approximate surface area is 220 Å². The molecule has 0 saturated heterocycles. The molecule has 3 rings (SSSR count). The second-order valence-electron chi connectivity index (χ2n) is 8.66. The molecule has 7 nitrogen and oxygen atoms in total. The van der Waals surface area contributed by atoms with Crippen molar-refractivity contribution < 1.29 is 19.1 Å². The van der Waals surface area contributed by atoms with Crippen molar-refractivity contribution in [3.8, 4) is 11.5 Å². The Hall–Kier alpha value is -3.29. The maximum Gasteiger partial charge on any atom is 0.262 e. The molecule has 3 aromatic rings. The zero-order chi connectivity index (χ0) is 26.2. The van der Waals surface area contributed by atoms with Crippen LogP contribution in [-0.2, 0) is 9.59 Å². The van der Waals surface area contributed by atoms with Crippen LogP contribution < -0.4 is 20.2 Å². The maximum atomic E-state index is 12.9. The molecular formula is C27H29Cl2N3O4. The number of fused-ring (bicyclic) bond motifs is 1. The number of nitrogens with zero attached hydrogens (tertiary/aromatic N) is 1. The van der Waals surface area contributed by atoms with Gasteiger partial charge in [0.1, 0.15) is 17.5 Å². The summed E-state index contributed by atoms with van der Waals surface area (Å²) in [6.07, 6.45) is 1.07. The molecule has 0 spiro atoms. The van der Waals surface area contributed by atoms with Gasteiger partial charge in [-0.25, -0.2) is 5.43 Å². The molecule has 36 heavy (non-hydrogen) atoms. The van der Waals surface area contributed by atoms with E-state index in [-0.39, 0.29) is 10.9 Å². The molecule has 0 aromatic heterocycles. The van der Waals surface area contributed by atoms with Crippen molar-refractivity contribution in [2.75, 3.05) is 7.11 Å². The van der Waals surface area contributed by atoms with Crippen LogP contribution in [0.25, 0.3) is 10.8 Å². The molecule has 0 aliphatic rings. The number of hydrogen-bond acceptors (Lipinski definition) is 5. The molecule has 0 aliphatic heterocycles. The Morgan fingerprint density at radius 1 is 1.00 bits per heavy atom. The number of nitrogens with one attached hydrogen (secondary N) is 2. The summed E-state index contributed by atoms with van der Waals surface area (Å²) < 4.78 is 11.1. The molecule has 190 valence electrons. The minimum Gasteiger partial charge on any atom is -0.496 e. The zero-order valence-corrected chi connectivity index (χ0v) is 22.1. The van der Waals surface area contributed by atoms with Crippen LogP contribution >= 0.6 is 23.2 Å². The van der Waals surface area contributed by atoms with Crippen LogP contribution in [0.15, 0.2) is 59.7 Å². The van der Waals surface area contributed by atoms with Crippen LogP contribution in [-0.4, -0.2) is 37.3 Å². The first-order valence-corrected chi connectivity index (χ1v) is 12.3. The van der Waals surface area contributed by atoms with E-state index < -0.39 is 24.0 Å². The smallest absolute Gasteiger partial charge is 0.262 e. The fourth-order valence-corrected chi connectivity index (χ4v) is 4.08. The first-order valence-electron chi connectivity index (χ1n) is 11.5. The van der Waals surface area contributed by atoms with Crippen LogP contribution in [0, 0.1) is 5.92 Å². The average Bonchev–Trinajstić information content (AvgIpc) is 2.84. The third-order valence-corrected chi connectivity index (χ3v) is 5.96. The van der Waals surface area contributed by atoms with Crippen LogP contribution in [0.1, 0.15) is 32.8 Å². The first kappa shape index (κ1) is 27.3. The van der Waals surface area contributed by atoms with E-state index in [2.05, 4.69) is 15.8 Å². The highest BCUT2D eigenvalue weighted by atomic mass is 35.5. The monoisotopic (exact) mass is 529 g/mol. The van der Waals surface area contributed by atoms with E-state index in [0.717, 1.165) is 16.3 Å². The summed E-state index contributed by atoms with van der Waals surface area (Å²) in [6, 6.07) is 15.5. The SMILES string of the molecule is COc1ccc2ccccc2c1/C=N\NC(=O)[C@H](CC(C)C)NC(=O)[C@H](C)Oc1ccc(Cl)cc1Cl. The molecule has 0 radical (unpaired) electrons. The average molecular weight is 530 g/mol. The predicted molar refractivity (Wildman–Crippen MR) is 144 cm³/mol. The Bertz CT molecular complexity index is 1260. The third-order valence-electron chi connectivity index (χ3n) is 5.43. The number of ether oxygens (including phenoxy) is 2. The van der Waals surface area contributed by atoms with Gasteiger partial charge in [-0.3, -0.25) is 9.59 Å². The van der Waals surface area contributed by atoms with Crippen LogP contribution in [0.2, 0.25) is 10.0 Å². The number of benzene rings is 3. The van der Waals surface area contributed by atoms with Gasteiger partial charge in [0.2, 0.25) is 0 Å². The van der Waals surface area contributed by atoms with Crippen molar-refractivity contribution in [1.29, 1.82) is 0 Å². The Kier molecular flexibility index (Phi) is 9.56. The number of halogens is 2. The van der Waals surface area contributed by atoms with E-state index in [1.807, 2.05) is 50.2 Å². The van der Waals surface area contributed by atoms with Crippen molar-refractivity contribution in [2.45, 2.75) is 39.3 Å². The standard InChI is InChI=1S/C27H29Cl2N3O4/c1-16(2)13-23(31-26(33)17(3)36-25-12-10-19(28)14-22(25)29)27(34)32-30-15-21-20-8-6-5-7-18(20)9-11-24(21)35-4/h5-12,14-17,23H,13H2,1-4H3,(H,31,33)(H,32,34)/b30-15-/t17-,23-/m0/s1. The summed E-state index contributed by atoms with van der Waals surface area (Å²) in [5.74, 6) is 0.198. The van der Waals surface area contributed by atoms with E-state index in [4.69, 9.17) is 32.7 Å². The van der Waals surface area contributed by atoms with Crippen LogP contribution in [0.5, 0.6) is 11.5 Å². The summed E-state index contributed by atoms with van der Waals surface area (Å²) >= 11 is 12.1. The van der Waals surface area contributed by atoms with Crippen molar-refractivity contribution >= 4 is 52.0 Å². The third kappa shape index (κ3) is 7.12. The number of hydrogen-bond donors (Lipinski definition) is 2. The maximum absolute atomic E-state index is 12.9. The summed E-state index contributed by atoms with van der Waals surface area (Å²) in [5.41, 5.74) is 3.28. The highest BCUT2D eigenvalue weighted by molar-refractivity contribution is 6.35. The zero-order valence-electron chi connectivity index (χ0n) is 20.5.